The minimum Gasteiger partial charge on any atom is -0.496 e. The largest absolute Gasteiger partial charge is 0.496 e. The Morgan fingerprint density at radius 1 is 1.17 bits per heavy atom. The van der Waals surface area contributed by atoms with Gasteiger partial charge in [0.2, 0.25) is 0 Å². The number of carbonyl (C=O) groups excluding carboxylic acids is 2. The predicted molar refractivity (Wildman–Crippen MR) is 116 cm³/mol. The molecule has 0 bridgehead atoms. The number of rotatable bonds is 8. The second kappa shape index (κ2) is 10.8. The summed E-state index contributed by atoms with van der Waals surface area (Å²) in [5.41, 5.74) is 4.89. The van der Waals surface area contributed by atoms with Gasteiger partial charge in [-0.05, 0) is 37.0 Å². The van der Waals surface area contributed by atoms with Crippen molar-refractivity contribution in [3.05, 3.63) is 70.8 Å². The molecule has 0 saturated carbocycles. The lowest BCUT2D eigenvalue weighted by Crippen LogP contribution is -2.33. The lowest BCUT2D eigenvalue weighted by Gasteiger charge is -2.19. The predicted octanol–water partition coefficient (Wildman–Crippen LogP) is 4.12. The number of hydrogen-bond acceptors (Lipinski definition) is 6. The molecule has 30 heavy (non-hydrogen) atoms. The van der Waals surface area contributed by atoms with Gasteiger partial charge in [0.15, 0.2) is 5.75 Å². The van der Waals surface area contributed by atoms with Gasteiger partial charge < -0.3 is 14.2 Å². The van der Waals surface area contributed by atoms with Crippen LogP contribution in [-0.2, 0) is 11.2 Å². The Morgan fingerprint density at radius 2 is 1.87 bits per heavy atom. The Kier molecular flexibility index (Phi) is 8.19. The third kappa shape index (κ3) is 5.71. The monoisotopic (exact) mass is 410 g/mol. The number of nitrogens with one attached hydrogen (secondary N) is 1. The van der Waals surface area contributed by atoms with E-state index < -0.39 is 12.1 Å². The maximum absolute atomic E-state index is 12.7. The number of esters is 1. The first-order chi connectivity index (χ1) is 14.4. The highest BCUT2D eigenvalue weighted by atomic mass is 16.6. The molecule has 0 heterocycles. The third-order valence-electron chi connectivity index (χ3n) is 4.35. The summed E-state index contributed by atoms with van der Waals surface area (Å²) in [6, 6.07) is 11.3. The van der Waals surface area contributed by atoms with E-state index in [1.54, 1.807) is 12.1 Å². The molecule has 0 atom stereocenters. The zero-order valence-corrected chi connectivity index (χ0v) is 17.4. The molecule has 7 heteroatoms. The van der Waals surface area contributed by atoms with Gasteiger partial charge in [-0.25, -0.2) is 15.4 Å². The molecule has 0 aromatic heterocycles. The minimum atomic E-state index is -0.914. The van der Waals surface area contributed by atoms with Crippen molar-refractivity contribution >= 4 is 24.2 Å². The Hall–Kier alpha value is -3.58. The maximum Gasteiger partial charge on any atom is 0.426 e. The Balaban J connectivity index is 2.72. The molecule has 0 aliphatic heterocycles. The first-order valence-electron chi connectivity index (χ1n) is 9.29. The molecule has 1 amide bonds. The smallest absolute Gasteiger partial charge is 0.426 e. The summed E-state index contributed by atoms with van der Waals surface area (Å²) in [5, 5.41) is 0. The fourth-order valence-electron chi connectivity index (χ4n) is 2.88. The molecule has 7 nitrogen and oxygen atoms in total. The molecule has 0 saturated heterocycles. The number of hydrogen-bond donors (Lipinski definition) is 2. The standard InChI is InChI=1S/C23H26N2O5/c1-15(2)10-13-18-19(28-3)14-17(12-11-16-8-6-5-7-9-16)20(22(26)29-4)21(18)30-23(27)25-24/h5-9,11-12,14H,1,10,13,24H2,2-4H3,(H,25,27). The van der Waals surface area contributed by atoms with E-state index in [4.69, 9.17) is 20.1 Å². The highest BCUT2D eigenvalue weighted by Crippen LogP contribution is 2.38. The van der Waals surface area contributed by atoms with Crippen LogP contribution in [0.2, 0.25) is 0 Å². The minimum absolute atomic E-state index is 0.0399. The summed E-state index contributed by atoms with van der Waals surface area (Å²) in [6.07, 6.45) is 3.71. The van der Waals surface area contributed by atoms with Crippen LogP contribution in [0.4, 0.5) is 4.79 Å². The quantitative estimate of drug-likeness (QED) is 0.170. The lowest BCUT2D eigenvalue weighted by atomic mass is 9.96. The van der Waals surface area contributed by atoms with E-state index in [1.165, 1.54) is 14.2 Å². The van der Waals surface area contributed by atoms with E-state index in [0.29, 0.717) is 29.7 Å². The van der Waals surface area contributed by atoms with E-state index in [0.717, 1.165) is 11.1 Å². The van der Waals surface area contributed by atoms with Gasteiger partial charge in [0.05, 0.1) is 14.2 Å². The summed E-state index contributed by atoms with van der Waals surface area (Å²) in [7, 11) is 2.77. The van der Waals surface area contributed by atoms with Gasteiger partial charge in [0.1, 0.15) is 11.3 Å². The Morgan fingerprint density at radius 3 is 2.43 bits per heavy atom. The molecule has 3 N–H and O–H groups in total. The average molecular weight is 410 g/mol. The first kappa shape index (κ1) is 22.7. The average Bonchev–Trinajstić information content (AvgIpc) is 2.76. The van der Waals surface area contributed by atoms with Gasteiger partial charge in [0, 0.05) is 5.56 Å². The first-order valence-corrected chi connectivity index (χ1v) is 9.29. The number of nitrogens with two attached hydrogens (primary N) is 1. The number of amides is 1. The number of allylic oxidation sites excluding steroid dienone is 1. The van der Waals surface area contributed by atoms with E-state index in [-0.39, 0.29) is 11.3 Å². The third-order valence-corrected chi connectivity index (χ3v) is 4.35. The Labute approximate surface area is 176 Å². The summed E-state index contributed by atoms with van der Waals surface area (Å²) in [6.45, 7) is 5.79. The van der Waals surface area contributed by atoms with Crippen LogP contribution in [0.1, 0.15) is 40.4 Å². The Bertz CT molecular complexity index is 952. The molecule has 0 spiro atoms. The van der Waals surface area contributed by atoms with Crippen LogP contribution >= 0.6 is 0 Å². The van der Waals surface area contributed by atoms with Crippen molar-refractivity contribution in [1.82, 2.24) is 5.43 Å². The molecule has 2 aromatic rings. The fraction of sp³-hybridized carbons (Fsp3) is 0.217. The van der Waals surface area contributed by atoms with Crippen molar-refractivity contribution < 1.29 is 23.8 Å². The fourth-order valence-corrected chi connectivity index (χ4v) is 2.88. The van der Waals surface area contributed by atoms with Crippen molar-refractivity contribution in [2.24, 2.45) is 5.84 Å². The molecule has 0 fully saturated rings. The molecule has 0 aliphatic carbocycles. The molecule has 0 radical (unpaired) electrons. The SMILES string of the molecule is C=C(C)CCc1c(OC)cc(C=Cc2ccccc2)c(C(=O)OC)c1OC(=O)NN. The van der Waals surface area contributed by atoms with E-state index in [9.17, 15) is 9.59 Å². The highest BCUT2D eigenvalue weighted by molar-refractivity contribution is 5.99. The highest BCUT2D eigenvalue weighted by Gasteiger charge is 2.26. The molecule has 2 rings (SSSR count). The van der Waals surface area contributed by atoms with Gasteiger partial charge >= 0.3 is 12.1 Å². The topological polar surface area (TPSA) is 99.9 Å². The van der Waals surface area contributed by atoms with Gasteiger partial charge in [-0.2, -0.15) is 0 Å². The van der Waals surface area contributed by atoms with Crippen LogP contribution in [0.3, 0.4) is 0 Å². The van der Waals surface area contributed by atoms with Gasteiger partial charge in [-0.1, -0.05) is 48.1 Å². The van der Waals surface area contributed by atoms with Crippen molar-refractivity contribution in [2.75, 3.05) is 14.2 Å². The maximum atomic E-state index is 12.7. The second-order valence-corrected chi connectivity index (χ2v) is 6.58. The van der Waals surface area contributed by atoms with Gasteiger partial charge in [-0.3, -0.25) is 5.43 Å². The number of methoxy groups -OCH3 is 2. The summed E-state index contributed by atoms with van der Waals surface area (Å²) in [5.74, 6) is 5.05. The summed E-state index contributed by atoms with van der Waals surface area (Å²) >= 11 is 0. The van der Waals surface area contributed by atoms with E-state index in [1.807, 2.05) is 48.8 Å². The van der Waals surface area contributed by atoms with Crippen molar-refractivity contribution in [3.8, 4) is 11.5 Å². The zero-order valence-electron chi connectivity index (χ0n) is 17.4. The molecular formula is C23H26N2O5. The zero-order chi connectivity index (χ0) is 22.1. The van der Waals surface area contributed by atoms with Crippen LogP contribution in [0, 0.1) is 0 Å². The number of hydrazine groups is 1. The van der Waals surface area contributed by atoms with Crippen LogP contribution in [0.15, 0.2) is 48.6 Å². The van der Waals surface area contributed by atoms with Crippen LogP contribution in [-0.4, -0.2) is 26.3 Å². The van der Waals surface area contributed by atoms with Crippen LogP contribution < -0.4 is 20.7 Å². The number of carbonyl (C=O) groups is 2. The van der Waals surface area contributed by atoms with Crippen molar-refractivity contribution in [2.45, 2.75) is 19.8 Å². The van der Waals surface area contributed by atoms with Crippen LogP contribution in [0.25, 0.3) is 12.2 Å². The summed E-state index contributed by atoms with van der Waals surface area (Å²) < 4.78 is 15.9. The molecule has 0 aliphatic rings. The molecule has 158 valence electrons. The van der Waals surface area contributed by atoms with E-state index >= 15 is 0 Å². The van der Waals surface area contributed by atoms with Crippen molar-refractivity contribution in [3.63, 3.8) is 0 Å². The van der Waals surface area contributed by atoms with E-state index in [2.05, 4.69) is 6.58 Å². The van der Waals surface area contributed by atoms with Gasteiger partial charge in [-0.15, -0.1) is 6.58 Å². The number of ether oxygens (including phenoxy) is 3. The second-order valence-electron chi connectivity index (χ2n) is 6.58. The normalized spacial score (nSPS) is 10.5. The molecule has 0 unspecified atom stereocenters. The molecular weight excluding hydrogens is 384 g/mol. The molecule has 2 aromatic carbocycles. The number of benzene rings is 2. The van der Waals surface area contributed by atoms with Gasteiger partial charge in [0.25, 0.3) is 0 Å². The summed E-state index contributed by atoms with van der Waals surface area (Å²) in [4.78, 5) is 24.6. The van der Waals surface area contributed by atoms with Crippen LogP contribution in [0.5, 0.6) is 11.5 Å². The lowest BCUT2D eigenvalue weighted by molar-refractivity contribution is 0.0597. The van der Waals surface area contributed by atoms with Crippen molar-refractivity contribution in [1.29, 1.82) is 0 Å².